The van der Waals surface area contributed by atoms with E-state index < -0.39 is 0 Å². The van der Waals surface area contributed by atoms with E-state index in [0.29, 0.717) is 17.0 Å². The molecule has 0 radical (unpaired) electrons. The molecule has 2 aromatic rings. The molecule has 0 unspecified atom stereocenters. The van der Waals surface area contributed by atoms with Gasteiger partial charge in [-0.25, -0.2) is 0 Å². The fourth-order valence-corrected chi connectivity index (χ4v) is 1.000. The highest BCUT2D eigenvalue weighted by molar-refractivity contribution is 5.83. The first-order valence-corrected chi connectivity index (χ1v) is 3.44. The van der Waals surface area contributed by atoms with E-state index in [-0.39, 0.29) is 0 Å². The Morgan fingerprint density at radius 3 is 3.17 bits per heavy atom. The molecule has 4 nitrogen and oxygen atoms in total. The van der Waals surface area contributed by atoms with E-state index in [1.165, 1.54) is 6.20 Å². The van der Waals surface area contributed by atoms with Gasteiger partial charge in [0.1, 0.15) is 5.69 Å². The number of hydrogen-bond acceptors (Lipinski definition) is 3. The maximum absolute atomic E-state index is 10.5. The SMILES string of the molecule is O=Cc1c[nH]nc1-c1ccco1. The first-order valence-electron chi connectivity index (χ1n) is 3.44. The lowest BCUT2D eigenvalue weighted by Crippen LogP contribution is -1.80. The highest BCUT2D eigenvalue weighted by Gasteiger charge is 2.08. The van der Waals surface area contributed by atoms with E-state index in [2.05, 4.69) is 10.2 Å². The Bertz CT molecular complexity index is 375. The topological polar surface area (TPSA) is 58.9 Å². The number of aldehydes is 1. The first-order chi connectivity index (χ1) is 5.92. The third kappa shape index (κ3) is 0.934. The molecule has 0 aromatic carbocycles. The molecule has 0 amide bonds. The van der Waals surface area contributed by atoms with Crippen molar-refractivity contribution in [2.24, 2.45) is 0 Å². The minimum absolute atomic E-state index is 0.505. The molecule has 1 N–H and O–H groups in total. The summed E-state index contributed by atoms with van der Waals surface area (Å²) in [5, 5.41) is 6.48. The van der Waals surface area contributed by atoms with Gasteiger partial charge < -0.3 is 4.42 Å². The number of rotatable bonds is 2. The van der Waals surface area contributed by atoms with Gasteiger partial charge in [0, 0.05) is 6.20 Å². The lowest BCUT2D eigenvalue weighted by atomic mass is 10.2. The predicted molar refractivity (Wildman–Crippen MR) is 41.7 cm³/mol. The smallest absolute Gasteiger partial charge is 0.154 e. The van der Waals surface area contributed by atoms with Crippen molar-refractivity contribution >= 4 is 6.29 Å². The summed E-state index contributed by atoms with van der Waals surface area (Å²) < 4.78 is 5.08. The van der Waals surface area contributed by atoms with Gasteiger partial charge in [-0.15, -0.1) is 0 Å². The number of aromatic amines is 1. The predicted octanol–water partition coefficient (Wildman–Crippen LogP) is 1.48. The Morgan fingerprint density at radius 1 is 1.58 bits per heavy atom. The number of carbonyl (C=O) groups excluding carboxylic acids is 1. The number of hydrogen-bond donors (Lipinski definition) is 1. The number of carbonyl (C=O) groups is 1. The summed E-state index contributed by atoms with van der Waals surface area (Å²) in [4.78, 5) is 10.5. The van der Waals surface area contributed by atoms with Gasteiger partial charge in [-0.1, -0.05) is 0 Å². The van der Waals surface area contributed by atoms with Crippen LogP contribution in [0.25, 0.3) is 11.5 Å². The van der Waals surface area contributed by atoms with E-state index in [1.54, 1.807) is 18.4 Å². The van der Waals surface area contributed by atoms with Crippen molar-refractivity contribution in [2.45, 2.75) is 0 Å². The summed E-state index contributed by atoms with van der Waals surface area (Å²) in [6, 6.07) is 3.50. The van der Waals surface area contributed by atoms with Gasteiger partial charge in [-0.2, -0.15) is 5.10 Å². The van der Waals surface area contributed by atoms with Gasteiger partial charge in [0.05, 0.1) is 11.8 Å². The minimum Gasteiger partial charge on any atom is -0.463 e. The second-order valence-electron chi connectivity index (χ2n) is 2.28. The summed E-state index contributed by atoms with van der Waals surface area (Å²) >= 11 is 0. The standard InChI is InChI=1S/C8H6N2O2/c11-5-6-4-9-10-8(6)7-2-1-3-12-7/h1-5H,(H,9,10). The molecule has 2 rings (SSSR count). The summed E-state index contributed by atoms with van der Waals surface area (Å²) in [6.07, 6.45) is 3.81. The van der Waals surface area contributed by atoms with Gasteiger partial charge >= 0.3 is 0 Å². The van der Waals surface area contributed by atoms with Crippen LogP contribution < -0.4 is 0 Å². The third-order valence-electron chi connectivity index (χ3n) is 1.55. The van der Waals surface area contributed by atoms with E-state index in [1.807, 2.05) is 0 Å². The van der Waals surface area contributed by atoms with Crippen LogP contribution in [0, 0.1) is 0 Å². The average Bonchev–Trinajstić information content (AvgIpc) is 2.74. The molecule has 0 bridgehead atoms. The second kappa shape index (κ2) is 2.65. The molecule has 0 spiro atoms. The summed E-state index contributed by atoms with van der Waals surface area (Å²) in [5.74, 6) is 0.596. The fraction of sp³-hybridized carbons (Fsp3) is 0. The highest BCUT2D eigenvalue weighted by atomic mass is 16.3. The molecular weight excluding hydrogens is 156 g/mol. The van der Waals surface area contributed by atoms with Crippen LogP contribution >= 0.6 is 0 Å². The molecule has 60 valence electrons. The molecule has 0 aliphatic carbocycles. The third-order valence-corrected chi connectivity index (χ3v) is 1.55. The van der Waals surface area contributed by atoms with Gasteiger partial charge in [0.15, 0.2) is 12.0 Å². The lowest BCUT2D eigenvalue weighted by Gasteiger charge is -1.88. The normalized spacial score (nSPS) is 10.0. The second-order valence-corrected chi connectivity index (χ2v) is 2.28. The molecule has 4 heteroatoms. The van der Waals surface area contributed by atoms with Gasteiger partial charge in [-0.3, -0.25) is 9.89 Å². The van der Waals surface area contributed by atoms with Crippen LogP contribution in [0.15, 0.2) is 29.0 Å². The number of nitrogens with one attached hydrogen (secondary N) is 1. The number of aromatic nitrogens is 2. The van der Waals surface area contributed by atoms with Crippen molar-refractivity contribution in [3.05, 3.63) is 30.2 Å². The maximum Gasteiger partial charge on any atom is 0.154 e. The van der Waals surface area contributed by atoms with Crippen LogP contribution in [-0.4, -0.2) is 16.5 Å². The zero-order valence-electron chi connectivity index (χ0n) is 6.15. The van der Waals surface area contributed by atoms with Crippen LogP contribution in [-0.2, 0) is 0 Å². The van der Waals surface area contributed by atoms with Crippen molar-refractivity contribution in [1.82, 2.24) is 10.2 Å². The summed E-state index contributed by atoms with van der Waals surface area (Å²) in [7, 11) is 0. The van der Waals surface area contributed by atoms with E-state index in [9.17, 15) is 4.79 Å². The molecule has 0 atom stereocenters. The summed E-state index contributed by atoms with van der Waals surface area (Å²) in [6.45, 7) is 0. The maximum atomic E-state index is 10.5. The molecule has 12 heavy (non-hydrogen) atoms. The molecule has 0 aliphatic heterocycles. The number of furan rings is 1. The largest absolute Gasteiger partial charge is 0.463 e. The Morgan fingerprint density at radius 2 is 2.50 bits per heavy atom. The van der Waals surface area contributed by atoms with Gasteiger partial charge in [-0.05, 0) is 12.1 Å². The first kappa shape index (κ1) is 6.84. The molecular formula is C8H6N2O2. The quantitative estimate of drug-likeness (QED) is 0.680. The molecule has 0 aliphatic rings. The van der Waals surface area contributed by atoms with E-state index >= 15 is 0 Å². The van der Waals surface area contributed by atoms with Crippen LogP contribution in [0.4, 0.5) is 0 Å². The van der Waals surface area contributed by atoms with Gasteiger partial charge in [0.25, 0.3) is 0 Å². The monoisotopic (exact) mass is 162 g/mol. The average molecular weight is 162 g/mol. The Kier molecular flexibility index (Phi) is 1.51. The molecule has 2 heterocycles. The Balaban J connectivity index is 2.53. The van der Waals surface area contributed by atoms with E-state index in [0.717, 1.165) is 6.29 Å². The van der Waals surface area contributed by atoms with Crippen molar-refractivity contribution in [3.63, 3.8) is 0 Å². The zero-order valence-corrected chi connectivity index (χ0v) is 6.15. The van der Waals surface area contributed by atoms with Crippen LogP contribution in [0.2, 0.25) is 0 Å². The molecule has 0 saturated heterocycles. The zero-order chi connectivity index (χ0) is 8.39. The van der Waals surface area contributed by atoms with Crippen LogP contribution in [0.5, 0.6) is 0 Å². The number of nitrogens with zero attached hydrogens (tertiary/aromatic N) is 1. The Labute approximate surface area is 68.2 Å². The molecule has 0 saturated carbocycles. The van der Waals surface area contributed by atoms with Crippen LogP contribution in [0.3, 0.4) is 0 Å². The Hall–Kier alpha value is -1.84. The van der Waals surface area contributed by atoms with Crippen molar-refractivity contribution in [1.29, 1.82) is 0 Å². The summed E-state index contributed by atoms with van der Waals surface area (Å²) in [5.41, 5.74) is 1.06. The van der Waals surface area contributed by atoms with Crippen molar-refractivity contribution in [2.75, 3.05) is 0 Å². The molecule has 2 aromatic heterocycles. The van der Waals surface area contributed by atoms with E-state index in [4.69, 9.17) is 4.42 Å². The molecule has 0 fully saturated rings. The highest BCUT2D eigenvalue weighted by Crippen LogP contribution is 2.19. The lowest BCUT2D eigenvalue weighted by molar-refractivity contribution is 0.112. The minimum atomic E-state index is 0.505. The number of H-pyrrole nitrogens is 1. The van der Waals surface area contributed by atoms with Crippen LogP contribution in [0.1, 0.15) is 10.4 Å². The van der Waals surface area contributed by atoms with Crippen molar-refractivity contribution < 1.29 is 9.21 Å². The van der Waals surface area contributed by atoms with Gasteiger partial charge in [0.2, 0.25) is 0 Å². The van der Waals surface area contributed by atoms with Crippen molar-refractivity contribution in [3.8, 4) is 11.5 Å². The fourth-order valence-electron chi connectivity index (χ4n) is 1.000.